The highest BCUT2D eigenvalue weighted by Crippen LogP contribution is 2.26. The molecule has 0 aromatic carbocycles. The summed E-state index contributed by atoms with van der Waals surface area (Å²) in [4.78, 5) is 51.1. The summed E-state index contributed by atoms with van der Waals surface area (Å²) in [6.45, 7) is 5.77. The Morgan fingerprint density at radius 2 is 0.844 bits per heavy atom. The summed E-state index contributed by atoms with van der Waals surface area (Å²) in [5, 5.41) is 31.5. The Kier molecular flexibility index (Phi) is 48.4. The predicted octanol–water partition coefficient (Wildman–Crippen LogP) is 15.9. The lowest BCUT2D eigenvalue weighted by atomic mass is 9.98. The summed E-state index contributed by atoms with van der Waals surface area (Å²) in [6.07, 6.45) is 55.5. The minimum atomic E-state index is -1.91. The van der Waals surface area contributed by atoms with Crippen LogP contribution in [0.25, 0.3) is 0 Å². The van der Waals surface area contributed by atoms with E-state index in [1.54, 1.807) is 0 Å². The largest absolute Gasteiger partial charge is 0.479 e. The number of rotatable bonds is 51. The number of carbonyl (C=O) groups is 4. The molecule has 1 fully saturated rings. The summed E-state index contributed by atoms with van der Waals surface area (Å²) >= 11 is 0. The molecule has 1 saturated heterocycles. The molecule has 12 nitrogen and oxygen atoms in total. The molecule has 1 aliphatic rings. The number of ether oxygens (including phenoxy) is 5. The van der Waals surface area contributed by atoms with Crippen LogP contribution in [0.4, 0.5) is 0 Å². The Morgan fingerprint density at radius 1 is 0.442 bits per heavy atom. The van der Waals surface area contributed by atoms with E-state index in [1.807, 2.05) is 0 Å². The maximum atomic E-state index is 13.1. The average molecular weight is 1080 g/mol. The van der Waals surface area contributed by atoms with Gasteiger partial charge in [-0.15, -0.1) is 0 Å². The van der Waals surface area contributed by atoms with Crippen molar-refractivity contribution in [3.05, 3.63) is 85.1 Å². The molecule has 6 unspecified atom stereocenters. The van der Waals surface area contributed by atoms with Crippen LogP contribution in [0.1, 0.15) is 252 Å². The van der Waals surface area contributed by atoms with Gasteiger partial charge in [-0.05, 0) is 109 Å². The molecular formula is C65H108O12. The number of hydrogen-bond acceptors (Lipinski definition) is 11. The highest BCUT2D eigenvalue weighted by molar-refractivity contribution is 5.74. The van der Waals surface area contributed by atoms with Gasteiger partial charge >= 0.3 is 23.9 Å². The summed E-state index contributed by atoms with van der Waals surface area (Å²) in [7, 11) is 0. The Balaban J connectivity index is 2.69. The van der Waals surface area contributed by atoms with Gasteiger partial charge < -0.3 is 39.0 Å². The van der Waals surface area contributed by atoms with Gasteiger partial charge in [0.25, 0.3) is 0 Å². The normalized spacial score (nSPS) is 18.6. The molecule has 0 saturated carbocycles. The SMILES string of the molecule is CC/C=C\C/C=C\C/C=C\C/C=C\CCCCC(=O)OCC(COC1OC(C(=O)O)C(O)C(O)C1OC(=O)CCCCCCCCCCC/C=C\CCCCCCCC)OC(=O)CCCCCCC/C=C\C/C=C\CCC. The van der Waals surface area contributed by atoms with Gasteiger partial charge in [0.2, 0.25) is 0 Å². The summed E-state index contributed by atoms with van der Waals surface area (Å²) in [5.41, 5.74) is 0. The molecule has 0 spiro atoms. The molecule has 6 atom stereocenters. The molecule has 0 aromatic rings. The van der Waals surface area contributed by atoms with Crippen LogP contribution in [0.2, 0.25) is 0 Å². The summed E-state index contributed by atoms with van der Waals surface area (Å²) in [5.74, 6) is -3.20. The van der Waals surface area contributed by atoms with Crippen LogP contribution in [0.5, 0.6) is 0 Å². The zero-order chi connectivity index (χ0) is 56.1. The molecular weight excluding hydrogens is 973 g/mol. The molecule has 1 rings (SSSR count). The van der Waals surface area contributed by atoms with Crippen molar-refractivity contribution in [3.63, 3.8) is 0 Å². The first-order valence-electron chi connectivity index (χ1n) is 30.6. The molecule has 1 heterocycles. The molecule has 3 N–H and O–H groups in total. The van der Waals surface area contributed by atoms with E-state index in [0.717, 1.165) is 122 Å². The minimum Gasteiger partial charge on any atom is -0.479 e. The molecule has 77 heavy (non-hydrogen) atoms. The Labute approximate surface area is 467 Å². The lowest BCUT2D eigenvalue weighted by molar-refractivity contribution is -0.301. The topological polar surface area (TPSA) is 175 Å². The van der Waals surface area contributed by atoms with Crippen molar-refractivity contribution >= 4 is 23.9 Å². The van der Waals surface area contributed by atoms with Crippen LogP contribution in [0, 0.1) is 0 Å². The zero-order valence-corrected chi connectivity index (χ0v) is 48.4. The third-order valence-corrected chi connectivity index (χ3v) is 13.4. The van der Waals surface area contributed by atoms with E-state index in [9.17, 15) is 34.5 Å². The van der Waals surface area contributed by atoms with E-state index in [2.05, 4.69) is 106 Å². The number of carboxylic acids is 1. The lowest BCUT2D eigenvalue weighted by Gasteiger charge is -2.40. The standard InChI is InChI=1S/C65H108O12/c1-4-7-10-13-16-19-22-25-27-28-29-30-32-35-38-41-44-47-50-53-59(68)76-63-61(70)60(69)62(64(71)72)77-65(63)74-55-56(75-58(67)52-49-46-43-40-37-33-24-21-18-15-12-9-6-3)54-73-57(66)51-48-45-42-39-36-34-31-26-23-20-17-14-11-8-5-2/h8,11-12,15,17,20-21,24-27,31,36,39,56,60-63,65,69-70H,4-7,9-10,13-14,16,18-19,22-23,28-30,32-35,37-38,40-55H2,1-3H3,(H,71,72)/b11-8-,15-12-,20-17-,24-21-,27-25-,31-26-,39-36-. The van der Waals surface area contributed by atoms with E-state index in [-0.39, 0.29) is 25.9 Å². The summed E-state index contributed by atoms with van der Waals surface area (Å²) in [6, 6.07) is 0. The maximum absolute atomic E-state index is 13.1. The first-order valence-corrected chi connectivity index (χ1v) is 30.6. The van der Waals surface area contributed by atoms with Gasteiger partial charge in [-0.3, -0.25) is 14.4 Å². The number of aliphatic hydroxyl groups is 2. The predicted molar refractivity (Wildman–Crippen MR) is 312 cm³/mol. The molecule has 0 aliphatic carbocycles. The van der Waals surface area contributed by atoms with Crippen molar-refractivity contribution in [2.45, 2.75) is 289 Å². The molecule has 0 amide bonds. The first kappa shape index (κ1) is 70.9. The number of carbonyl (C=O) groups excluding carboxylic acids is 3. The number of esters is 3. The second-order valence-electron chi connectivity index (χ2n) is 20.6. The Morgan fingerprint density at radius 3 is 1.34 bits per heavy atom. The van der Waals surface area contributed by atoms with Crippen LogP contribution in [0.3, 0.4) is 0 Å². The maximum Gasteiger partial charge on any atom is 0.335 e. The Bertz CT molecular complexity index is 1660. The molecule has 0 bridgehead atoms. The second-order valence-corrected chi connectivity index (χ2v) is 20.6. The fourth-order valence-electron chi connectivity index (χ4n) is 8.74. The average Bonchev–Trinajstić information content (AvgIpc) is 3.42. The van der Waals surface area contributed by atoms with E-state index in [0.29, 0.717) is 19.3 Å². The van der Waals surface area contributed by atoms with Crippen LogP contribution in [-0.4, -0.2) is 89.2 Å². The van der Waals surface area contributed by atoms with Gasteiger partial charge in [-0.1, -0.05) is 209 Å². The fourth-order valence-corrected chi connectivity index (χ4v) is 8.74. The molecule has 12 heteroatoms. The molecule has 0 radical (unpaired) electrons. The van der Waals surface area contributed by atoms with E-state index in [1.165, 1.54) is 70.6 Å². The van der Waals surface area contributed by atoms with Crippen LogP contribution in [0.15, 0.2) is 85.1 Å². The van der Waals surface area contributed by atoms with Crippen molar-refractivity contribution in [3.8, 4) is 0 Å². The highest BCUT2D eigenvalue weighted by Gasteiger charge is 2.50. The van der Waals surface area contributed by atoms with Crippen molar-refractivity contribution in [1.29, 1.82) is 0 Å². The molecule has 0 aromatic heterocycles. The minimum absolute atomic E-state index is 0.0501. The molecule has 1 aliphatic heterocycles. The van der Waals surface area contributed by atoms with Gasteiger partial charge in [-0.2, -0.15) is 0 Å². The fraction of sp³-hybridized carbons (Fsp3) is 0.723. The van der Waals surface area contributed by atoms with E-state index in [4.69, 9.17) is 23.7 Å². The van der Waals surface area contributed by atoms with Gasteiger partial charge in [-0.25, -0.2) is 4.79 Å². The lowest BCUT2D eigenvalue weighted by Crippen LogP contribution is -2.61. The smallest absolute Gasteiger partial charge is 0.335 e. The number of aliphatic hydroxyl groups excluding tert-OH is 2. The summed E-state index contributed by atoms with van der Waals surface area (Å²) < 4.78 is 28.4. The zero-order valence-electron chi connectivity index (χ0n) is 48.4. The first-order chi connectivity index (χ1) is 37.6. The van der Waals surface area contributed by atoms with Gasteiger partial charge in [0.05, 0.1) is 6.61 Å². The van der Waals surface area contributed by atoms with Crippen LogP contribution >= 0.6 is 0 Å². The van der Waals surface area contributed by atoms with E-state index >= 15 is 0 Å². The highest BCUT2D eigenvalue weighted by atomic mass is 16.7. The van der Waals surface area contributed by atoms with Crippen molar-refractivity contribution in [2.24, 2.45) is 0 Å². The van der Waals surface area contributed by atoms with Gasteiger partial charge in [0.1, 0.15) is 18.8 Å². The Hall–Kier alpha value is -4.10. The van der Waals surface area contributed by atoms with Gasteiger partial charge in [0.15, 0.2) is 24.6 Å². The van der Waals surface area contributed by atoms with Crippen LogP contribution in [-0.2, 0) is 42.9 Å². The number of carboxylic acid groups (broad SMARTS) is 1. The second kappa shape index (κ2) is 52.6. The monoisotopic (exact) mass is 1080 g/mol. The number of unbranched alkanes of at least 4 members (excludes halogenated alkanes) is 23. The van der Waals surface area contributed by atoms with E-state index < -0.39 is 67.3 Å². The van der Waals surface area contributed by atoms with Crippen molar-refractivity contribution < 1.29 is 58.2 Å². The number of allylic oxidation sites excluding steroid dienone is 14. The quantitative estimate of drug-likeness (QED) is 0.0228. The molecule has 440 valence electrons. The third-order valence-electron chi connectivity index (χ3n) is 13.4. The van der Waals surface area contributed by atoms with Crippen molar-refractivity contribution in [2.75, 3.05) is 13.2 Å². The number of aliphatic carboxylic acids is 1. The van der Waals surface area contributed by atoms with Crippen molar-refractivity contribution in [1.82, 2.24) is 0 Å². The van der Waals surface area contributed by atoms with Gasteiger partial charge in [0, 0.05) is 19.3 Å². The van der Waals surface area contributed by atoms with Crippen LogP contribution < -0.4 is 0 Å². The third kappa shape index (κ3) is 42.5. The number of hydrogen-bond donors (Lipinski definition) is 3.